The summed E-state index contributed by atoms with van der Waals surface area (Å²) in [6.45, 7) is 6.98. The van der Waals surface area contributed by atoms with Gasteiger partial charge in [-0.3, -0.25) is 0 Å². The molecule has 0 unspecified atom stereocenters. The molecule has 2 rings (SSSR count). The molecule has 0 aliphatic carbocycles. The molecule has 3 nitrogen and oxygen atoms in total. The number of carboxylic acid groups (broad SMARTS) is 1. The van der Waals surface area contributed by atoms with E-state index in [0.29, 0.717) is 11.1 Å². The summed E-state index contributed by atoms with van der Waals surface area (Å²) < 4.78 is 1.93. The van der Waals surface area contributed by atoms with Crippen molar-refractivity contribution in [1.82, 2.24) is 4.57 Å². The fraction of sp³-hybridized carbons (Fsp3) is 0.400. The summed E-state index contributed by atoms with van der Waals surface area (Å²) in [5.41, 5.74) is 2.31. The lowest BCUT2D eigenvalue weighted by atomic mass is 10.1. The van der Waals surface area contributed by atoms with Crippen molar-refractivity contribution < 1.29 is 9.90 Å². The summed E-state index contributed by atoms with van der Waals surface area (Å²) in [7, 11) is 0. The van der Waals surface area contributed by atoms with Crippen molar-refractivity contribution in [3.05, 3.63) is 34.5 Å². The molecular weight excluding hydrogens is 262 g/mol. The van der Waals surface area contributed by atoms with Crippen LogP contribution >= 0.6 is 11.6 Å². The summed E-state index contributed by atoms with van der Waals surface area (Å²) >= 11 is 6.30. The zero-order valence-electron chi connectivity index (χ0n) is 11.4. The second-order valence-corrected chi connectivity index (χ2v) is 5.50. The quantitative estimate of drug-likeness (QED) is 0.911. The predicted octanol–water partition coefficient (Wildman–Crippen LogP) is 4.21. The van der Waals surface area contributed by atoms with Crippen LogP contribution in [0.2, 0.25) is 5.15 Å². The first kappa shape index (κ1) is 13.9. The van der Waals surface area contributed by atoms with Crippen LogP contribution in [0.1, 0.15) is 36.7 Å². The van der Waals surface area contributed by atoms with Crippen LogP contribution < -0.4 is 0 Å². The van der Waals surface area contributed by atoms with Gasteiger partial charge in [-0.25, -0.2) is 4.79 Å². The number of aromatic nitrogens is 1. The fourth-order valence-corrected chi connectivity index (χ4v) is 2.82. The van der Waals surface area contributed by atoms with Gasteiger partial charge in [0.25, 0.3) is 0 Å². The number of halogens is 1. The zero-order chi connectivity index (χ0) is 14.2. The Morgan fingerprint density at radius 3 is 2.63 bits per heavy atom. The molecule has 0 aliphatic heterocycles. The number of benzene rings is 1. The molecule has 1 heterocycles. The highest BCUT2D eigenvalue weighted by molar-refractivity contribution is 6.35. The average Bonchev–Trinajstić information content (AvgIpc) is 2.61. The van der Waals surface area contributed by atoms with Crippen molar-refractivity contribution in [3.63, 3.8) is 0 Å². The van der Waals surface area contributed by atoms with Gasteiger partial charge in [-0.05, 0) is 17.9 Å². The lowest BCUT2D eigenvalue weighted by Crippen LogP contribution is -2.06. The first-order valence-corrected chi connectivity index (χ1v) is 6.88. The molecule has 1 aromatic carbocycles. The third kappa shape index (κ3) is 2.35. The summed E-state index contributed by atoms with van der Waals surface area (Å²) in [5.74, 6) is -0.564. The van der Waals surface area contributed by atoms with Gasteiger partial charge in [0.15, 0.2) is 0 Å². The first-order valence-electron chi connectivity index (χ1n) is 6.50. The zero-order valence-corrected chi connectivity index (χ0v) is 12.2. The van der Waals surface area contributed by atoms with Crippen molar-refractivity contribution >= 4 is 28.5 Å². The molecule has 0 fully saturated rings. The molecule has 19 heavy (non-hydrogen) atoms. The molecule has 1 aromatic heterocycles. The number of fused-ring (bicyclic) bond motifs is 1. The molecule has 1 N–H and O–H groups in total. The Labute approximate surface area is 117 Å². The topological polar surface area (TPSA) is 42.2 Å². The highest BCUT2D eigenvalue weighted by atomic mass is 35.5. The Morgan fingerprint density at radius 1 is 1.42 bits per heavy atom. The highest BCUT2D eigenvalue weighted by Gasteiger charge is 2.22. The standard InChI is InChI=1S/C15H18ClNO2/c1-4-10-6-5-7-11-12(15(18)19)14(16)17(13(10)11)8-9(2)3/h5-7,9H,4,8H2,1-3H3,(H,18,19). The first-order chi connectivity index (χ1) is 8.97. The van der Waals surface area contributed by atoms with Crippen LogP contribution in [-0.4, -0.2) is 15.6 Å². The second-order valence-electron chi connectivity index (χ2n) is 5.14. The summed E-state index contributed by atoms with van der Waals surface area (Å²) in [6.07, 6.45) is 0.856. The largest absolute Gasteiger partial charge is 0.478 e. The van der Waals surface area contributed by atoms with E-state index in [1.165, 1.54) is 0 Å². The number of para-hydroxylation sites is 1. The van der Waals surface area contributed by atoms with E-state index in [-0.39, 0.29) is 5.56 Å². The lowest BCUT2D eigenvalue weighted by molar-refractivity contribution is 0.0699. The van der Waals surface area contributed by atoms with Crippen molar-refractivity contribution in [2.24, 2.45) is 5.92 Å². The molecule has 0 aliphatic rings. The molecule has 4 heteroatoms. The normalized spacial score (nSPS) is 11.4. The molecule has 0 atom stereocenters. The number of carboxylic acids is 1. The Kier molecular flexibility index (Phi) is 3.85. The van der Waals surface area contributed by atoms with E-state index in [9.17, 15) is 9.90 Å². The third-order valence-corrected chi connectivity index (χ3v) is 3.64. The lowest BCUT2D eigenvalue weighted by Gasteiger charge is -2.12. The second kappa shape index (κ2) is 5.25. The third-order valence-electron chi connectivity index (χ3n) is 3.24. The van der Waals surface area contributed by atoms with Gasteiger partial charge in [0.2, 0.25) is 0 Å². The van der Waals surface area contributed by atoms with Gasteiger partial charge in [0.05, 0.1) is 5.52 Å². The Morgan fingerprint density at radius 2 is 2.11 bits per heavy atom. The Balaban J connectivity index is 2.84. The van der Waals surface area contributed by atoms with Crippen LogP contribution in [0.15, 0.2) is 18.2 Å². The molecule has 0 radical (unpaired) electrons. The van der Waals surface area contributed by atoms with Crippen LogP contribution in [0.4, 0.5) is 0 Å². The summed E-state index contributed by atoms with van der Waals surface area (Å²) in [6, 6.07) is 5.76. The van der Waals surface area contributed by atoms with Crippen molar-refractivity contribution in [1.29, 1.82) is 0 Å². The average molecular weight is 280 g/mol. The maximum absolute atomic E-state index is 11.4. The smallest absolute Gasteiger partial charge is 0.339 e. The van der Waals surface area contributed by atoms with Crippen molar-refractivity contribution in [2.45, 2.75) is 33.7 Å². The van der Waals surface area contributed by atoms with Gasteiger partial charge in [-0.1, -0.05) is 50.6 Å². The minimum Gasteiger partial charge on any atom is -0.478 e. The number of hydrogen-bond acceptors (Lipinski definition) is 1. The van der Waals surface area contributed by atoms with Crippen LogP contribution in [-0.2, 0) is 13.0 Å². The van der Waals surface area contributed by atoms with Crippen LogP contribution in [0.5, 0.6) is 0 Å². The van der Waals surface area contributed by atoms with Gasteiger partial charge in [-0.2, -0.15) is 0 Å². The number of aromatic carboxylic acids is 1. The van der Waals surface area contributed by atoms with Crippen LogP contribution in [0.25, 0.3) is 10.9 Å². The number of hydrogen-bond donors (Lipinski definition) is 1. The molecule has 102 valence electrons. The van der Waals surface area contributed by atoms with E-state index in [1.807, 2.05) is 22.8 Å². The summed E-state index contributed by atoms with van der Waals surface area (Å²) in [5, 5.41) is 10.4. The number of nitrogens with zero attached hydrogens (tertiary/aromatic N) is 1. The molecular formula is C15H18ClNO2. The van der Waals surface area contributed by atoms with E-state index in [4.69, 9.17) is 11.6 Å². The van der Waals surface area contributed by atoms with E-state index >= 15 is 0 Å². The van der Waals surface area contributed by atoms with Gasteiger partial charge >= 0.3 is 5.97 Å². The monoisotopic (exact) mass is 279 g/mol. The van der Waals surface area contributed by atoms with E-state index in [1.54, 1.807) is 0 Å². The SMILES string of the molecule is CCc1cccc2c(C(=O)O)c(Cl)n(CC(C)C)c12. The van der Waals surface area contributed by atoms with Crippen LogP contribution in [0.3, 0.4) is 0 Å². The molecule has 0 amide bonds. The minimum atomic E-state index is -0.967. The van der Waals surface area contributed by atoms with E-state index < -0.39 is 5.97 Å². The fourth-order valence-electron chi connectivity index (χ4n) is 2.48. The molecule has 0 spiro atoms. The molecule has 0 saturated heterocycles. The van der Waals surface area contributed by atoms with E-state index in [0.717, 1.165) is 29.4 Å². The number of aryl methyl sites for hydroxylation is 1. The van der Waals surface area contributed by atoms with Gasteiger partial charge < -0.3 is 9.67 Å². The highest BCUT2D eigenvalue weighted by Crippen LogP contribution is 2.33. The summed E-state index contributed by atoms with van der Waals surface area (Å²) in [4.78, 5) is 11.4. The van der Waals surface area contributed by atoms with E-state index in [2.05, 4.69) is 20.8 Å². The molecule has 0 saturated carbocycles. The van der Waals surface area contributed by atoms with Gasteiger partial charge in [0.1, 0.15) is 10.7 Å². The van der Waals surface area contributed by atoms with Crippen molar-refractivity contribution in [3.8, 4) is 0 Å². The van der Waals surface area contributed by atoms with Gasteiger partial charge in [-0.15, -0.1) is 0 Å². The predicted molar refractivity (Wildman–Crippen MR) is 78.1 cm³/mol. The molecule has 0 bridgehead atoms. The maximum Gasteiger partial charge on any atom is 0.339 e. The van der Waals surface area contributed by atoms with Gasteiger partial charge in [0, 0.05) is 11.9 Å². The Bertz CT molecular complexity index is 629. The number of rotatable bonds is 4. The van der Waals surface area contributed by atoms with Crippen LogP contribution in [0, 0.1) is 5.92 Å². The molecule has 2 aromatic rings. The minimum absolute atomic E-state index is 0.215. The van der Waals surface area contributed by atoms with Crippen molar-refractivity contribution in [2.75, 3.05) is 0 Å². The number of carbonyl (C=O) groups is 1. The Hall–Kier alpha value is -1.48. The maximum atomic E-state index is 11.4.